The van der Waals surface area contributed by atoms with Crippen LogP contribution in [0.5, 0.6) is 0 Å². The number of carbonyl (C=O) groups is 1. The topological polar surface area (TPSA) is 67.2 Å². The van der Waals surface area contributed by atoms with Gasteiger partial charge in [0.05, 0.1) is 17.4 Å². The molecule has 0 aromatic carbocycles. The van der Waals surface area contributed by atoms with Crippen LogP contribution in [-0.2, 0) is 7.05 Å². The Morgan fingerprint density at radius 2 is 2.39 bits per heavy atom. The molecular weight excluding hydrogens is 230 g/mol. The van der Waals surface area contributed by atoms with E-state index in [1.165, 1.54) is 0 Å². The highest BCUT2D eigenvalue weighted by molar-refractivity contribution is 5.94. The highest BCUT2D eigenvalue weighted by Crippen LogP contribution is 2.23. The summed E-state index contributed by atoms with van der Waals surface area (Å²) in [5, 5.41) is 16.7. The highest BCUT2D eigenvalue weighted by Gasteiger charge is 2.21. The molecule has 18 heavy (non-hydrogen) atoms. The number of amides is 1. The first-order chi connectivity index (χ1) is 8.56. The average Bonchev–Trinajstić information content (AvgIpc) is 2.66. The predicted octanol–water partition coefficient (Wildman–Crippen LogP) is 1.01. The zero-order chi connectivity index (χ0) is 13.1. The number of nitrogens with zero attached hydrogens (tertiary/aromatic N) is 2. The van der Waals surface area contributed by atoms with Crippen molar-refractivity contribution in [1.82, 2.24) is 15.1 Å². The van der Waals surface area contributed by atoms with E-state index in [1.807, 2.05) is 6.92 Å². The number of nitrogens with one attached hydrogen (secondary N) is 1. The lowest BCUT2D eigenvalue weighted by atomic mass is 9.87. The Kier molecular flexibility index (Phi) is 4.01. The number of hydrogen-bond acceptors (Lipinski definition) is 3. The van der Waals surface area contributed by atoms with E-state index in [9.17, 15) is 9.90 Å². The molecule has 1 aliphatic carbocycles. The van der Waals surface area contributed by atoms with Crippen molar-refractivity contribution in [3.05, 3.63) is 17.5 Å². The molecule has 1 aliphatic rings. The maximum Gasteiger partial charge on any atom is 0.254 e. The number of rotatable bonds is 3. The van der Waals surface area contributed by atoms with Crippen molar-refractivity contribution in [2.75, 3.05) is 6.54 Å². The van der Waals surface area contributed by atoms with E-state index in [0.717, 1.165) is 31.4 Å². The molecule has 2 rings (SSSR count). The molecule has 2 unspecified atom stereocenters. The highest BCUT2D eigenvalue weighted by atomic mass is 16.3. The molecule has 0 saturated heterocycles. The first-order valence-electron chi connectivity index (χ1n) is 6.52. The van der Waals surface area contributed by atoms with Crippen LogP contribution in [0.3, 0.4) is 0 Å². The van der Waals surface area contributed by atoms with Crippen molar-refractivity contribution in [3.8, 4) is 0 Å². The fourth-order valence-electron chi connectivity index (χ4n) is 2.60. The summed E-state index contributed by atoms with van der Waals surface area (Å²) in [5.41, 5.74) is 1.38. The van der Waals surface area contributed by atoms with E-state index in [4.69, 9.17) is 0 Å². The molecule has 2 atom stereocenters. The van der Waals surface area contributed by atoms with Crippen LogP contribution in [0.25, 0.3) is 0 Å². The van der Waals surface area contributed by atoms with Gasteiger partial charge in [0.15, 0.2) is 0 Å². The summed E-state index contributed by atoms with van der Waals surface area (Å²) in [7, 11) is 1.81. The number of carbonyl (C=O) groups excluding carboxylic acids is 1. The molecule has 1 aromatic heterocycles. The van der Waals surface area contributed by atoms with Gasteiger partial charge in [-0.25, -0.2) is 0 Å². The van der Waals surface area contributed by atoms with Crippen LogP contribution in [0.4, 0.5) is 0 Å². The lowest BCUT2D eigenvalue weighted by Crippen LogP contribution is -2.33. The first kappa shape index (κ1) is 13.1. The second-order valence-corrected chi connectivity index (χ2v) is 5.20. The summed E-state index contributed by atoms with van der Waals surface area (Å²) in [6.07, 6.45) is 5.37. The van der Waals surface area contributed by atoms with Crippen molar-refractivity contribution < 1.29 is 9.90 Å². The van der Waals surface area contributed by atoms with E-state index in [-0.39, 0.29) is 12.0 Å². The average molecular weight is 251 g/mol. The van der Waals surface area contributed by atoms with Crippen molar-refractivity contribution >= 4 is 5.91 Å². The first-order valence-corrected chi connectivity index (χ1v) is 6.52. The van der Waals surface area contributed by atoms with Gasteiger partial charge in [-0.05, 0) is 32.1 Å². The minimum Gasteiger partial charge on any atom is -0.393 e. The molecule has 0 radical (unpaired) electrons. The lowest BCUT2D eigenvalue weighted by Gasteiger charge is -2.25. The Labute approximate surface area is 107 Å². The largest absolute Gasteiger partial charge is 0.393 e. The van der Waals surface area contributed by atoms with Crippen LogP contribution in [0.2, 0.25) is 0 Å². The predicted molar refractivity (Wildman–Crippen MR) is 68.2 cm³/mol. The van der Waals surface area contributed by atoms with E-state index < -0.39 is 0 Å². The minimum absolute atomic E-state index is 0.0688. The standard InChI is InChI=1S/C13H21N3O2/c1-9-12(8-16(2)15-9)13(18)14-7-10-4-3-5-11(17)6-10/h8,10-11,17H,3-7H2,1-2H3,(H,14,18). The zero-order valence-electron chi connectivity index (χ0n) is 11.0. The molecule has 0 bridgehead atoms. The van der Waals surface area contributed by atoms with Crippen LogP contribution >= 0.6 is 0 Å². The number of aromatic nitrogens is 2. The molecule has 100 valence electrons. The van der Waals surface area contributed by atoms with Gasteiger partial charge in [0.2, 0.25) is 0 Å². The molecule has 5 heteroatoms. The Morgan fingerprint density at radius 1 is 1.61 bits per heavy atom. The van der Waals surface area contributed by atoms with Crippen LogP contribution < -0.4 is 5.32 Å². The molecule has 1 fully saturated rings. The zero-order valence-corrected chi connectivity index (χ0v) is 11.0. The third kappa shape index (κ3) is 3.10. The number of aliphatic hydroxyl groups excluding tert-OH is 1. The Balaban J connectivity index is 1.86. The molecule has 5 nitrogen and oxygen atoms in total. The SMILES string of the molecule is Cc1nn(C)cc1C(=O)NCC1CCCC(O)C1. The molecule has 0 spiro atoms. The van der Waals surface area contributed by atoms with Gasteiger partial charge in [0.1, 0.15) is 0 Å². The van der Waals surface area contributed by atoms with Crippen molar-refractivity contribution in [1.29, 1.82) is 0 Å². The molecule has 1 heterocycles. The summed E-state index contributed by atoms with van der Waals surface area (Å²) >= 11 is 0. The summed E-state index contributed by atoms with van der Waals surface area (Å²) in [6, 6.07) is 0. The maximum absolute atomic E-state index is 12.0. The summed E-state index contributed by atoms with van der Waals surface area (Å²) in [6.45, 7) is 2.48. The fourth-order valence-corrected chi connectivity index (χ4v) is 2.60. The molecule has 1 saturated carbocycles. The summed E-state index contributed by atoms with van der Waals surface area (Å²) < 4.78 is 1.65. The van der Waals surface area contributed by atoms with Gasteiger partial charge < -0.3 is 10.4 Å². The van der Waals surface area contributed by atoms with Gasteiger partial charge in [-0.2, -0.15) is 5.10 Å². The van der Waals surface area contributed by atoms with Crippen molar-refractivity contribution in [2.45, 2.75) is 38.7 Å². The fraction of sp³-hybridized carbons (Fsp3) is 0.692. The monoisotopic (exact) mass is 251 g/mol. The lowest BCUT2D eigenvalue weighted by molar-refractivity contribution is 0.0873. The molecule has 0 aliphatic heterocycles. The van der Waals surface area contributed by atoms with Crippen LogP contribution in [0.15, 0.2) is 6.20 Å². The third-order valence-corrected chi connectivity index (χ3v) is 3.56. The van der Waals surface area contributed by atoms with Crippen molar-refractivity contribution in [3.63, 3.8) is 0 Å². The second-order valence-electron chi connectivity index (χ2n) is 5.20. The van der Waals surface area contributed by atoms with Crippen molar-refractivity contribution in [2.24, 2.45) is 13.0 Å². The van der Waals surface area contributed by atoms with Crippen LogP contribution in [0.1, 0.15) is 41.7 Å². The Hall–Kier alpha value is -1.36. The van der Waals surface area contributed by atoms with E-state index >= 15 is 0 Å². The van der Waals surface area contributed by atoms with E-state index in [1.54, 1.807) is 17.9 Å². The third-order valence-electron chi connectivity index (χ3n) is 3.56. The minimum atomic E-state index is -0.194. The van der Waals surface area contributed by atoms with E-state index in [2.05, 4.69) is 10.4 Å². The van der Waals surface area contributed by atoms with Gasteiger partial charge in [-0.1, -0.05) is 6.42 Å². The normalized spacial score (nSPS) is 23.9. The Bertz CT molecular complexity index is 428. The Morgan fingerprint density at radius 3 is 3.00 bits per heavy atom. The molecule has 1 aromatic rings. The number of hydrogen-bond donors (Lipinski definition) is 2. The van der Waals surface area contributed by atoms with Gasteiger partial charge in [0, 0.05) is 19.8 Å². The molecule has 2 N–H and O–H groups in total. The smallest absolute Gasteiger partial charge is 0.254 e. The maximum atomic E-state index is 12.0. The molecule has 1 amide bonds. The van der Waals surface area contributed by atoms with E-state index in [0.29, 0.717) is 18.0 Å². The quantitative estimate of drug-likeness (QED) is 0.842. The summed E-state index contributed by atoms with van der Waals surface area (Å²) in [5.74, 6) is 0.329. The van der Waals surface area contributed by atoms with Gasteiger partial charge in [-0.3, -0.25) is 9.48 Å². The van der Waals surface area contributed by atoms with Gasteiger partial charge in [-0.15, -0.1) is 0 Å². The van der Waals surface area contributed by atoms with Crippen LogP contribution in [-0.4, -0.2) is 33.4 Å². The number of aliphatic hydroxyl groups is 1. The molecular formula is C13H21N3O2. The second kappa shape index (κ2) is 5.52. The van der Waals surface area contributed by atoms with Gasteiger partial charge in [0.25, 0.3) is 5.91 Å². The van der Waals surface area contributed by atoms with Crippen LogP contribution in [0, 0.1) is 12.8 Å². The van der Waals surface area contributed by atoms with Gasteiger partial charge >= 0.3 is 0 Å². The number of aryl methyl sites for hydroxylation is 2. The summed E-state index contributed by atoms with van der Waals surface area (Å²) in [4.78, 5) is 12.0.